The Bertz CT molecular complexity index is 1310. The lowest BCUT2D eigenvalue weighted by atomic mass is 10.1. The summed E-state index contributed by atoms with van der Waals surface area (Å²) in [4.78, 5) is 20.3. The molecule has 180 valence electrons. The minimum Gasteiger partial charge on any atom is -0.493 e. The fourth-order valence-electron chi connectivity index (χ4n) is 3.66. The molecule has 0 bridgehead atoms. The van der Waals surface area contributed by atoms with E-state index in [0.717, 1.165) is 32.4 Å². The summed E-state index contributed by atoms with van der Waals surface area (Å²) in [6.45, 7) is 6.99. The van der Waals surface area contributed by atoms with Gasteiger partial charge >= 0.3 is 0 Å². The fourth-order valence-corrected chi connectivity index (χ4v) is 5.29. The van der Waals surface area contributed by atoms with Crippen molar-refractivity contribution in [1.29, 1.82) is 0 Å². The van der Waals surface area contributed by atoms with Gasteiger partial charge in [-0.05, 0) is 95.0 Å². The van der Waals surface area contributed by atoms with Gasteiger partial charge in [0.05, 0.1) is 22.2 Å². The molecule has 1 saturated heterocycles. The van der Waals surface area contributed by atoms with E-state index in [-0.39, 0.29) is 5.91 Å². The first-order valence-electron chi connectivity index (χ1n) is 11.3. The number of hydrogen-bond acceptors (Lipinski definition) is 5. The zero-order valence-corrected chi connectivity index (χ0v) is 22.6. The third kappa shape index (κ3) is 5.80. The number of halogens is 1. The van der Waals surface area contributed by atoms with Crippen molar-refractivity contribution in [2.75, 3.05) is 13.7 Å². The second-order valence-electron chi connectivity index (χ2n) is 8.15. The van der Waals surface area contributed by atoms with E-state index >= 15 is 0 Å². The Morgan fingerprint density at radius 1 is 1.09 bits per heavy atom. The number of amidine groups is 1. The number of rotatable bonds is 7. The summed E-state index contributed by atoms with van der Waals surface area (Å²) in [5, 5.41) is 0.686. The molecule has 4 rings (SSSR count). The van der Waals surface area contributed by atoms with Crippen molar-refractivity contribution in [1.82, 2.24) is 4.90 Å². The summed E-state index contributed by atoms with van der Waals surface area (Å²) in [7, 11) is 1.61. The van der Waals surface area contributed by atoms with Gasteiger partial charge in [0.25, 0.3) is 5.91 Å². The number of thioether (sulfide) groups is 1. The third-order valence-corrected chi connectivity index (χ3v) is 7.16. The van der Waals surface area contributed by atoms with Crippen LogP contribution in [0.15, 0.2) is 75.0 Å². The normalized spacial score (nSPS) is 15.8. The molecule has 0 saturated carbocycles. The van der Waals surface area contributed by atoms with Crippen LogP contribution in [0.25, 0.3) is 6.08 Å². The highest BCUT2D eigenvalue weighted by molar-refractivity contribution is 9.10. The number of aliphatic imine (C=N–C) groups is 1. The smallest absolute Gasteiger partial charge is 0.266 e. The van der Waals surface area contributed by atoms with Crippen molar-refractivity contribution in [3.63, 3.8) is 0 Å². The quantitative estimate of drug-likeness (QED) is 0.290. The molecule has 7 heteroatoms. The van der Waals surface area contributed by atoms with Crippen molar-refractivity contribution in [2.24, 2.45) is 4.99 Å². The standard InChI is InChI=1S/C28H27BrN2O3S/c1-5-31-27(32)25(35-28(31)30-23-13-18(2)11-12-19(23)3)16-21-14-22(29)26(24(15-21)33-4)34-17-20-9-7-6-8-10-20/h6-16H,5,17H2,1-4H3/b25-16+,30-28?. The molecule has 0 N–H and O–H groups in total. The summed E-state index contributed by atoms with van der Waals surface area (Å²) in [6.07, 6.45) is 1.87. The molecular formula is C28H27BrN2O3S. The Morgan fingerprint density at radius 3 is 2.57 bits per heavy atom. The minimum absolute atomic E-state index is 0.0546. The molecule has 1 amide bonds. The summed E-state index contributed by atoms with van der Waals surface area (Å²) < 4.78 is 12.4. The number of methoxy groups -OCH3 is 1. The van der Waals surface area contributed by atoms with Gasteiger partial charge in [-0.1, -0.05) is 42.5 Å². The zero-order valence-electron chi connectivity index (χ0n) is 20.2. The van der Waals surface area contributed by atoms with Gasteiger partial charge in [-0.2, -0.15) is 0 Å². The van der Waals surface area contributed by atoms with Crippen LogP contribution in [-0.4, -0.2) is 29.6 Å². The molecule has 1 heterocycles. The lowest BCUT2D eigenvalue weighted by Gasteiger charge is -2.14. The second-order valence-corrected chi connectivity index (χ2v) is 10.0. The maximum absolute atomic E-state index is 13.1. The highest BCUT2D eigenvalue weighted by Gasteiger charge is 2.32. The van der Waals surface area contributed by atoms with Crippen molar-refractivity contribution in [3.05, 3.63) is 92.3 Å². The molecular weight excluding hydrogens is 524 g/mol. The van der Waals surface area contributed by atoms with E-state index < -0.39 is 0 Å². The number of carbonyl (C=O) groups is 1. The summed E-state index contributed by atoms with van der Waals surface area (Å²) in [5.41, 5.74) is 4.99. The van der Waals surface area contributed by atoms with Crippen LogP contribution in [0.3, 0.4) is 0 Å². The van der Waals surface area contributed by atoms with Crippen LogP contribution in [0.1, 0.15) is 29.2 Å². The first-order valence-corrected chi connectivity index (χ1v) is 12.9. The highest BCUT2D eigenvalue weighted by Crippen LogP contribution is 2.40. The van der Waals surface area contributed by atoms with Gasteiger partial charge in [0.15, 0.2) is 16.7 Å². The van der Waals surface area contributed by atoms with Crippen LogP contribution in [-0.2, 0) is 11.4 Å². The first kappa shape index (κ1) is 25.1. The molecule has 1 aliphatic rings. The van der Waals surface area contributed by atoms with E-state index in [9.17, 15) is 4.79 Å². The van der Waals surface area contributed by atoms with Gasteiger partial charge in [-0.25, -0.2) is 4.99 Å². The molecule has 1 fully saturated rings. The van der Waals surface area contributed by atoms with E-state index in [0.29, 0.717) is 34.7 Å². The molecule has 0 aromatic heterocycles. The Hall–Kier alpha value is -3.03. The van der Waals surface area contributed by atoms with Crippen LogP contribution in [0, 0.1) is 13.8 Å². The van der Waals surface area contributed by atoms with E-state index in [1.54, 1.807) is 12.0 Å². The molecule has 3 aromatic carbocycles. The number of nitrogens with zero attached hydrogens (tertiary/aromatic N) is 2. The molecule has 1 aliphatic heterocycles. The lowest BCUT2D eigenvalue weighted by molar-refractivity contribution is -0.122. The third-order valence-electron chi connectivity index (χ3n) is 5.56. The van der Waals surface area contributed by atoms with Crippen molar-refractivity contribution < 1.29 is 14.3 Å². The zero-order chi connectivity index (χ0) is 24.9. The second kappa shape index (κ2) is 11.1. The average molecular weight is 552 g/mol. The predicted octanol–water partition coefficient (Wildman–Crippen LogP) is 7.28. The number of ether oxygens (including phenoxy) is 2. The Balaban J connectivity index is 1.62. The number of benzene rings is 3. The van der Waals surface area contributed by atoms with Crippen LogP contribution in [0.2, 0.25) is 0 Å². The van der Waals surface area contributed by atoms with Gasteiger partial charge < -0.3 is 9.47 Å². The van der Waals surface area contributed by atoms with E-state index in [1.165, 1.54) is 11.8 Å². The van der Waals surface area contributed by atoms with Gasteiger partial charge in [0.2, 0.25) is 0 Å². The molecule has 0 spiro atoms. The number of likely N-dealkylation sites (N-methyl/N-ethyl adjacent to an activating group) is 1. The van der Waals surface area contributed by atoms with Crippen molar-refractivity contribution in [3.8, 4) is 11.5 Å². The highest BCUT2D eigenvalue weighted by atomic mass is 79.9. The van der Waals surface area contributed by atoms with E-state index in [4.69, 9.17) is 14.5 Å². The average Bonchev–Trinajstić information content (AvgIpc) is 3.14. The van der Waals surface area contributed by atoms with Crippen LogP contribution in [0.4, 0.5) is 5.69 Å². The molecule has 0 radical (unpaired) electrons. The Labute approximate surface area is 219 Å². The maximum atomic E-state index is 13.1. The summed E-state index contributed by atoms with van der Waals surface area (Å²) in [6, 6.07) is 19.9. The number of hydrogen-bond donors (Lipinski definition) is 0. The van der Waals surface area contributed by atoms with Crippen molar-refractivity contribution >= 4 is 50.5 Å². The largest absolute Gasteiger partial charge is 0.493 e. The molecule has 0 unspecified atom stereocenters. The summed E-state index contributed by atoms with van der Waals surface area (Å²) >= 11 is 5.00. The Kier molecular flexibility index (Phi) is 7.98. The maximum Gasteiger partial charge on any atom is 0.266 e. The minimum atomic E-state index is -0.0546. The molecule has 5 nitrogen and oxygen atoms in total. The number of amides is 1. The number of aryl methyl sites for hydroxylation is 2. The molecule has 35 heavy (non-hydrogen) atoms. The van der Waals surface area contributed by atoms with Crippen LogP contribution < -0.4 is 9.47 Å². The molecule has 0 aliphatic carbocycles. The fraction of sp³-hybridized carbons (Fsp3) is 0.214. The van der Waals surface area contributed by atoms with E-state index in [2.05, 4.69) is 28.1 Å². The lowest BCUT2D eigenvalue weighted by Crippen LogP contribution is -2.28. The molecule has 3 aromatic rings. The SMILES string of the molecule is CCN1C(=O)/C(=C\c2cc(Br)c(OCc3ccccc3)c(OC)c2)SC1=Nc1cc(C)ccc1C. The number of carbonyl (C=O) groups excluding carboxylic acids is 1. The summed E-state index contributed by atoms with van der Waals surface area (Å²) in [5.74, 6) is 1.16. The van der Waals surface area contributed by atoms with Gasteiger partial charge in [-0.3, -0.25) is 9.69 Å². The molecule has 0 atom stereocenters. The van der Waals surface area contributed by atoms with Gasteiger partial charge in [-0.15, -0.1) is 0 Å². The van der Waals surface area contributed by atoms with E-state index in [1.807, 2.05) is 75.4 Å². The Morgan fingerprint density at radius 2 is 1.86 bits per heavy atom. The predicted molar refractivity (Wildman–Crippen MR) is 147 cm³/mol. The van der Waals surface area contributed by atoms with Crippen LogP contribution >= 0.6 is 27.7 Å². The van der Waals surface area contributed by atoms with Gasteiger partial charge in [0, 0.05) is 6.54 Å². The topological polar surface area (TPSA) is 51.1 Å². The van der Waals surface area contributed by atoms with Crippen molar-refractivity contribution in [2.45, 2.75) is 27.4 Å². The first-order chi connectivity index (χ1) is 16.9. The van der Waals surface area contributed by atoms with Crippen LogP contribution in [0.5, 0.6) is 11.5 Å². The monoisotopic (exact) mass is 550 g/mol. The van der Waals surface area contributed by atoms with Gasteiger partial charge in [0.1, 0.15) is 6.61 Å².